The van der Waals surface area contributed by atoms with Crippen molar-refractivity contribution in [1.82, 2.24) is 9.97 Å². The van der Waals surface area contributed by atoms with Crippen LogP contribution in [0.3, 0.4) is 0 Å². The van der Waals surface area contributed by atoms with Crippen LogP contribution in [-0.4, -0.2) is 16.6 Å². The number of oxazole rings is 1. The van der Waals surface area contributed by atoms with Gasteiger partial charge in [0, 0.05) is 18.0 Å². The predicted octanol–water partition coefficient (Wildman–Crippen LogP) is 5.00. The molecule has 0 spiro atoms. The summed E-state index contributed by atoms with van der Waals surface area (Å²) in [6, 6.07) is 20.9. The van der Waals surface area contributed by atoms with E-state index in [4.69, 9.17) is 24.6 Å². The third kappa shape index (κ3) is 3.68. The lowest BCUT2D eigenvalue weighted by molar-refractivity contribution is 0.340. The SMILES string of the molecule is CCOc1ccc(C2=C(c3nc4ccccc4o3)C(c3cccnc3)C(C#N)=C(N)O2)cc1. The number of hydrogen-bond acceptors (Lipinski definition) is 7. The lowest BCUT2D eigenvalue weighted by Crippen LogP contribution is -2.20. The standard InChI is InChI=1S/C26H20N4O3/c1-2-31-18-11-9-16(10-12-18)24-23(26-30-20-7-3-4-8-21(20)32-26)22(17-6-5-13-29-15-17)19(14-27)25(28)33-24/h3-13,15,22H,2,28H2,1H3. The smallest absolute Gasteiger partial charge is 0.228 e. The Kier molecular flexibility index (Phi) is 5.25. The fourth-order valence-electron chi connectivity index (χ4n) is 3.93. The highest BCUT2D eigenvalue weighted by Gasteiger charge is 2.37. The molecule has 0 radical (unpaired) electrons. The largest absolute Gasteiger partial charge is 0.494 e. The van der Waals surface area contributed by atoms with E-state index < -0.39 is 5.92 Å². The van der Waals surface area contributed by atoms with Gasteiger partial charge in [0.1, 0.15) is 28.7 Å². The zero-order valence-electron chi connectivity index (χ0n) is 17.9. The predicted molar refractivity (Wildman–Crippen MR) is 123 cm³/mol. The van der Waals surface area contributed by atoms with E-state index in [2.05, 4.69) is 11.1 Å². The topological polar surface area (TPSA) is 107 Å². The van der Waals surface area contributed by atoms with Crippen LogP contribution in [0.1, 0.15) is 29.9 Å². The van der Waals surface area contributed by atoms with Gasteiger partial charge in [-0.1, -0.05) is 18.2 Å². The first-order chi connectivity index (χ1) is 16.2. The van der Waals surface area contributed by atoms with E-state index in [1.54, 1.807) is 12.4 Å². The number of allylic oxidation sites excluding steroid dienone is 2. The van der Waals surface area contributed by atoms with E-state index in [1.165, 1.54) is 0 Å². The van der Waals surface area contributed by atoms with Crippen LogP contribution in [0.4, 0.5) is 0 Å². The normalized spacial score (nSPS) is 15.9. The van der Waals surface area contributed by atoms with Gasteiger partial charge in [0.25, 0.3) is 0 Å². The Morgan fingerprint density at radius 3 is 2.61 bits per heavy atom. The summed E-state index contributed by atoms with van der Waals surface area (Å²) in [5, 5.41) is 9.97. The van der Waals surface area contributed by atoms with Crippen molar-refractivity contribution in [1.29, 1.82) is 5.26 Å². The molecular weight excluding hydrogens is 416 g/mol. The summed E-state index contributed by atoms with van der Waals surface area (Å²) >= 11 is 0. The van der Waals surface area contributed by atoms with Crippen LogP contribution in [0, 0.1) is 11.3 Å². The second kappa shape index (κ2) is 8.52. The van der Waals surface area contributed by atoms with Crippen molar-refractivity contribution in [2.45, 2.75) is 12.8 Å². The Balaban J connectivity index is 1.77. The number of ether oxygens (including phenoxy) is 2. The van der Waals surface area contributed by atoms with Crippen molar-refractivity contribution >= 4 is 22.4 Å². The van der Waals surface area contributed by atoms with Crippen LogP contribution < -0.4 is 10.5 Å². The molecule has 162 valence electrons. The molecule has 1 atom stereocenters. The van der Waals surface area contributed by atoms with Gasteiger partial charge in [-0.2, -0.15) is 5.26 Å². The zero-order valence-corrected chi connectivity index (χ0v) is 17.9. The molecule has 7 heteroatoms. The first kappa shape index (κ1) is 20.3. The molecule has 0 bridgehead atoms. The monoisotopic (exact) mass is 436 g/mol. The first-order valence-corrected chi connectivity index (χ1v) is 10.5. The van der Waals surface area contributed by atoms with Gasteiger partial charge in [0.2, 0.25) is 11.8 Å². The molecule has 0 saturated heterocycles. The highest BCUT2D eigenvalue weighted by atomic mass is 16.5. The van der Waals surface area contributed by atoms with E-state index >= 15 is 0 Å². The van der Waals surface area contributed by atoms with Crippen LogP contribution in [-0.2, 0) is 4.74 Å². The number of nitrogens with zero attached hydrogens (tertiary/aromatic N) is 3. The molecule has 2 aromatic heterocycles. The van der Waals surface area contributed by atoms with Gasteiger partial charge in [-0.3, -0.25) is 4.98 Å². The van der Waals surface area contributed by atoms with Gasteiger partial charge in [-0.15, -0.1) is 0 Å². The summed E-state index contributed by atoms with van der Waals surface area (Å²) in [7, 11) is 0. The summed E-state index contributed by atoms with van der Waals surface area (Å²) in [6.07, 6.45) is 3.39. The Bertz CT molecular complexity index is 1380. The lowest BCUT2D eigenvalue weighted by atomic mass is 9.82. The maximum Gasteiger partial charge on any atom is 0.228 e. The summed E-state index contributed by atoms with van der Waals surface area (Å²) in [6.45, 7) is 2.50. The molecule has 7 nitrogen and oxygen atoms in total. The average Bonchev–Trinajstić information content (AvgIpc) is 3.28. The number of benzene rings is 2. The second-order valence-electron chi connectivity index (χ2n) is 7.40. The van der Waals surface area contributed by atoms with Crippen LogP contribution in [0.15, 0.2) is 88.9 Å². The third-order valence-electron chi connectivity index (χ3n) is 5.39. The highest BCUT2D eigenvalue weighted by molar-refractivity contribution is 5.93. The van der Waals surface area contributed by atoms with Gasteiger partial charge in [-0.25, -0.2) is 4.98 Å². The number of nitriles is 1. The minimum absolute atomic E-state index is 0.0371. The molecule has 33 heavy (non-hydrogen) atoms. The van der Waals surface area contributed by atoms with Gasteiger partial charge in [0.05, 0.1) is 18.1 Å². The fourth-order valence-corrected chi connectivity index (χ4v) is 3.93. The first-order valence-electron chi connectivity index (χ1n) is 10.5. The number of fused-ring (bicyclic) bond motifs is 1. The Hall–Kier alpha value is -4.57. The summed E-state index contributed by atoms with van der Waals surface area (Å²) in [4.78, 5) is 8.96. The highest BCUT2D eigenvalue weighted by Crippen LogP contribution is 2.47. The maximum absolute atomic E-state index is 9.97. The van der Waals surface area contributed by atoms with Crippen LogP contribution in [0.5, 0.6) is 5.75 Å². The molecule has 5 rings (SSSR count). The molecule has 3 heterocycles. The van der Waals surface area contributed by atoms with Crippen LogP contribution >= 0.6 is 0 Å². The second-order valence-corrected chi connectivity index (χ2v) is 7.40. The molecule has 1 aliphatic heterocycles. The van der Waals surface area contributed by atoms with Crippen molar-refractivity contribution < 1.29 is 13.9 Å². The quantitative estimate of drug-likeness (QED) is 0.469. The van der Waals surface area contributed by atoms with E-state index in [1.807, 2.05) is 67.6 Å². The van der Waals surface area contributed by atoms with Gasteiger partial charge >= 0.3 is 0 Å². The van der Waals surface area contributed by atoms with Crippen molar-refractivity contribution in [2.24, 2.45) is 5.73 Å². The number of para-hydroxylation sites is 2. The van der Waals surface area contributed by atoms with Crippen molar-refractivity contribution in [2.75, 3.05) is 6.61 Å². The van der Waals surface area contributed by atoms with E-state index in [-0.39, 0.29) is 11.5 Å². The fraction of sp³-hybridized carbons (Fsp3) is 0.115. The van der Waals surface area contributed by atoms with E-state index in [0.717, 1.165) is 16.9 Å². The summed E-state index contributed by atoms with van der Waals surface area (Å²) in [5.74, 6) is 1.04. The third-order valence-corrected chi connectivity index (χ3v) is 5.39. The molecule has 1 unspecified atom stereocenters. The number of pyridine rings is 1. The number of rotatable bonds is 5. The number of aromatic nitrogens is 2. The van der Waals surface area contributed by atoms with E-state index in [0.29, 0.717) is 34.9 Å². The Morgan fingerprint density at radius 2 is 1.91 bits per heavy atom. The molecule has 0 aliphatic carbocycles. The summed E-state index contributed by atoms with van der Waals surface area (Å²) < 4.78 is 17.8. The van der Waals surface area contributed by atoms with Crippen LogP contribution in [0.2, 0.25) is 0 Å². The minimum atomic E-state index is -0.563. The maximum atomic E-state index is 9.97. The summed E-state index contributed by atoms with van der Waals surface area (Å²) in [5.41, 5.74) is 10.00. The molecule has 4 aromatic rings. The molecule has 1 aliphatic rings. The van der Waals surface area contributed by atoms with Gasteiger partial charge < -0.3 is 19.6 Å². The number of hydrogen-bond donors (Lipinski definition) is 1. The average molecular weight is 436 g/mol. The molecule has 0 saturated carbocycles. The Labute approximate surface area is 190 Å². The molecule has 0 amide bonds. The number of nitrogens with two attached hydrogens (primary N) is 1. The Morgan fingerprint density at radius 1 is 1.09 bits per heavy atom. The zero-order chi connectivity index (χ0) is 22.8. The van der Waals surface area contributed by atoms with Crippen LogP contribution in [0.25, 0.3) is 22.4 Å². The van der Waals surface area contributed by atoms with Crippen molar-refractivity contribution in [3.8, 4) is 11.8 Å². The lowest BCUT2D eigenvalue weighted by Gasteiger charge is -2.27. The van der Waals surface area contributed by atoms with Crippen molar-refractivity contribution in [3.63, 3.8) is 0 Å². The minimum Gasteiger partial charge on any atom is -0.494 e. The van der Waals surface area contributed by atoms with E-state index in [9.17, 15) is 5.26 Å². The molecule has 2 N–H and O–H groups in total. The molecule has 2 aromatic carbocycles. The van der Waals surface area contributed by atoms with Gasteiger partial charge in [-0.05, 0) is 55.0 Å². The molecular formula is C26H20N4O3. The molecule has 0 fully saturated rings. The van der Waals surface area contributed by atoms with Crippen molar-refractivity contribution in [3.05, 3.63) is 102 Å². The van der Waals surface area contributed by atoms with Gasteiger partial charge in [0.15, 0.2) is 5.58 Å².